The predicted molar refractivity (Wildman–Crippen MR) is 74.4 cm³/mol. The highest BCUT2D eigenvalue weighted by atomic mass is 32.2. The number of benzene rings is 1. The molecule has 1 atom stereocenters. The summed E-state index contributed by atoms with van der Waals surface area (Å²) in [5.74, 6) is -0.0531. The summed E-state index contributed by atoms with van der Waals surface area (Å²) in [6, 6.07) is 8.93. The van der Waals surface area contributed by atoms with Crippen molar-refractivity contribution in [3.63, 3.8) is 0 Å². The second kappa shape index (κ2) is 5.30. The van der Waals surface area contributed by atoms with E-state index in [2.05, 4.69) is 4.72 Å². The fourth-order valence-corrected chi connectivity index (χ4v) is 2.91. The summed E-state index contributed by atoms with van der Waals surface area (Å²) in [4.78, 5) is 13.6. The fraction of sp³-hybridized carbons (Fsp3) is 0.462. The number of rotatable bonds is 4. The van der Waals surface area contributed by atoms with Crippen molar-refractivity contribution in [2.24, 2.45) is 0 Å². The van der Waals surface area contributed by atoms with Gasteiger partial charge in [-0.2, -0.15) is 0 Å². The van der Waals surface area contributed by atoms with Gasteiger partial charge >= 0.3 is 0 Å². The highest BCUT2D eigenvalue weighted by Crippen LogP contribution is 2.21. The van der Waals surface area contributed by atoms with Gasteiger partial charge in [0, 0.05) is 24.7 Å². The molecule has 1 saturated heterocycles. The molecule has 0 bridgehead atoms. The summed E-state index contributed by atoms with van der Waals surface area (Å²) in [7, 11) is -3.34. The normalized spacial score (nSPS) is 20.3. The van der Waals surface area contributed by atoms with Crippen LogP contribution in [0.15, 0.2) is 30.3 Å². The van der Waals surface area contributed by atoms with Crippen LogP contribution in [-0.4, -0.2) is 32.2 Å². The van der Waals surface area contributed by atoms with Crippen molar-refractivity contribution in [2.45, 2.75) is 31.6 Å². The van der Waals surface area contributed by atoms with Crippen LogP contribution in [0, 0.1) is 0 Å². The first kappa shape index (κ1) is 14.0. The molecule has 1 aliphatic heterocycles. The molecule has 0 unspecified atom stereocenters. The van der Waals surface area contributed by atoms with Crippen LogP contribution in [0.1, 0.15) is 20.3 Å². The first-order valence-electron chi connectivity index (χ1n) is 6.26. The third-order valence-electron chi connectivity index (χ3n) is 3.14. The SMILES string of the molecule is CC(C)S(=O)(=O)N[C@@H]1CC(=O)N(c2ccccc2)C1. The Kier molecular flexibility index (Phi) is 3.91. The number of hydrogen-bond donors (Lipinski definition) is 1. The summed E-state index contributed by atoms with van der Waals surface area (Å²) >= 11 is 0. The summed E-state index contributed by atoms with van der Waals surface area (Å²) in [5.41, 5.74) is 0.804. The van der Waals surface area contributed by atoms with Crippen LogP contribution in [0.2, 0.25) is 0 Å². The van der Waals surface area contributed by atoms with Gasteiger partial charge in [-0.1, -0.05) is 18.2 Å². The van der Waals surface area contributed by atoms with E-state index >= 15 is 0 Å². The fourth-order valence-electron chi connectivity index (χ4n) is 2.01. The molecule has 19 heavy (non-hydrogen) atoms. The van der Waals surface area contributed by atoms with Gasteiger partial charge in [0.15, 0.2) is 0 Å². The number of carbonyl (C=O) groups excluding carboxylic acids is 1. The maximum atomic E-state index is 11.9. The van der Waals surface area contributed by atoms with Crippen LogP contribution in [0.25, 0.3) is 0 Å². The second-order valence-electron chi connectivity index (χ2n) is 4.95. The molecular weight excluding hydrogens is 264 g/mol. The van der Waals surface area contributed by atoms with E-state index in [1.54, 1.807) is 18.7 Å². The van der Waals surface area contributed by atoms with E-state index in [1.807, 2.05) is 30.3 Å². The Morgan fingerprint density at radius 1 is 1.26 bits per heavy atom. The number of hydrogen-bond acceptors (Lipinski definition) is 3. The van der Waals surface area contributed by atoms with Crippen molar-refractivity contribution < 1.29 is 13.2 Å². The molecule has 104 valence electrons. The maximum Gasteiger partial charge on any atom is 0.228 e. The monoisotopic (exact) mass is 282 g/mol. The molecule has 1 N–H and O–H groups in total. The molecule has 1 amide bonds. The Morgan fingerprint density at radius 2 is 1.89 bits per heavy atom. The molecule has 1 aliphatic rings. The number of nitrogens with zero attached hydrogens (tertiary/aromatic N) is 1. The summed E-state index contributed by atoms with van der Waals surface area (Å²) < 4.78 is 26.2. The van der Waals surface area contributed by atoms with Crippen LogP contribution in [-0.2, 0) is 14.8 Å². The average molecular weight is 282 g/mol. The number of nitrogens with one attached hydrogen (secondary N) is 1. The minimum Gasteiger partial charge on any atom is -0.311 e. The maximum absolute atomic E-state index is 11.9. The number of carbonyl (C=O) groups is 1. The van der Waals surface area contributed by atoms with Crippen molar-refractivity contribution in [3.8, 4) is 0 Å². The van der Waals surface area contributed by atoms with Crippen molar-refractivity contribution in [3.05, 3.63) is 30.3 Å². The van der Waals surface area contributed by atoms with Gasteiger partial charge in [-0.25, -0.2) is 13.1 Å². The van der Waals surface area contributed by atoms with Crippen molar-refractivity contribution in [1.29, 1.82) is 0 Å². The second-order valence-corrected chi connectivity index (χ2v) is 7.22. The van der Waals surface area contributed by atoms with Crippen LogP contribution in [0.4, 0.5) is 5.69 Å². The standard InChI is InChI=1S/C13H18N2O3S/c1-10(2)19(17,18)14-11-8-13(16)15(9-11)12-6-4-3-5-7-12/h3-7,10-11,14H,8-9H2,1-2H3/t11-/m1/s1. The Labute approximate surface area is 113 Å². The quantitative estimate of drug-likeness (QED) is 0.900. The van der Waals surface area contributed by atoms with E-state index in [0.717, 1.165) is 5.69 Å². The molecular formula is C13H18N2O3S. The lowest BCUT2D eigenvalue weighted by atomic mass is 10.3. The molecule has 1 aromatic carbocycles. The minimum absolute atomic E-state index is 0.0531. The van der Waals surface area contributed by atoms with Crippen LogP contribution in [0.3, 0.4) is 0 Å². The van der Waals surface area contributed by atoms with Crippen LogP contribution < -0.4 is 9.62 Å². The zero-order chi connectivity index (χ0) is 14.0. The van der Waals surface area contributed by atoms with Gasteiger partial charge in [0.2, 0.25) is 15.9 Å². The molecule has 0 aromatic heterocycles. The highest BCUT2D eigenvalue weighted by molar-refractivity contribution is 7.90. The Balaban J connectivity index is 2.09. The largest absolute Gasteiger partial charge is 0.311 e. The lowest BCUT2D eigenvalue weighted by molar-refractivity contribution is -0.117. The molecule has 0 saturated carbocycles. The van der Waals surface area contributed by atoms with Crippen molar-refractivity contribution >= 4 is 21.6 Å². The van der Waals surface area contributed by atoms with Gasteiger partial charge in [-0.15, -0.1) is 0 Å². The zero-order valence-corrected chi connectivity index (χ0v) is 11.9. The molecule has 1 aromatic rings. The van der Waals surface area contributed by atoms with Crippen LogP contribution in [0.5, 0.6) is 0 Å². The molecule has 0 aliphatic carbocycles. The number of anilines is 1. The number of sulfonamides is 1. The predicted octanol–water partition coefficient (Wildman–Crippen LogP) is 1.12. The Bertz CT molecular complexity index is 555. The van der Waals surface area contributed by atoms with E-state index in [9.17, 15) is 13.2 Å². The van der Waals surface area contributed by atoms with Gasteiger partial charge in [0.25, 0.3) is 0 Å². The van der Waals surface area contributed by atoms with E-state index in [4.69, 9.17) is 0 Å². The van der Waals surface area contributed by atoms with Gasteiger partial charge < -0.3 is 4.90 Å². The smallest absolute Gasteiger partial charge is 0.228 e. The van der Waals surface area contributed by atoms with Gasteiger partial charge in [0.1, 0.15) is 0 Å². The Morgan fingerprint density at radius 3 is 2.47 bits per heavy atom. The molecule has 2 rings (SSSR count). The third kappa shape index (κ3) is 3.13. The van der Waals surface area contributed by atoms with Gasteiger partial charge in [-0.05, 0) is 26.0 Å². The summed E-state index contributed by atoms with van der Waals surface area (Å²) in [6.07, 6.45) is 0.209. The topological polar surface area (TPSA) is 66.5 Å². The highest BCUT2D eigenvalue weighted by Gasteiger charge is 2.33. The first-order valence-corrected chi connectivity index (χ1v) is 7.81. The van der Waals surface area contributed by atoms with E-state index in [0.29, 0.717) is 6.54 Å². The average Bonchev–Trinajstić information content (AvgIpc) is 2.70. The molecule has 0 spiro atoms. The van der Waals surface area contributed by atoms with Gasteiger partial charge in [0.05, 0.1) is 5.25 Å². The molecule has 1 fully saturated rings. The van der Waals surface area contributed by atoms with E-state index in [1.165, 1.54) is 0 Å². The molecule has 1 heterocycles. The minimum atomic E-state index is -3.34. The zero-order valence-electron chi connectivity index (χ0n) is 11.0. The molecule has 5 nitrogen and oxygen atoms in total. The van der Waals surface area contributed by atoms with E-state index in [-0.39, 0.29) is 18.4 Å². The molecule has 6 heteroatoms. The summed E-state index contributed by atoms with van der Waals surface area (Å²) in [6.45, 7) is 3.62. The van der Waals surface area contributed by atoms with Gasteiger partial charge in [-0.3, -0.25) is 4.79 Å². The lowest BCUT2D eigenvalue weighted by Gasteiger charge is -2.18. The van der Waals surface area contributed by atoms with Crippen molar-refractivity contribution in [2.75, 3.05) is 11.4 Å². The number of para-hydroxylation sites is 1. The first-order chi connectivity index (χ1) is 8.90. The van der Waals surface area contributed by atoms with Crippen LogP contribution >= 0.6 is 0 Å². The Hall–Kier alpha value is -1.40. The summed E-state index contributed by atoms with van der Waals surface area (Å²) in [5, 5.41) is -0.492. The van der Waals surface area contributed by atoms with Crippen molar-refractivity contribution in [1.82, 2.24) is 4.72 Å². The third-order valence-corrected chi connectivity index (χ3v) is 5.05. The number of amides is 1. The van der Waals surface area contributed by atoms with E-state index < -0.39 is 15.3 Å². The molecule has 0 radical (unpaired) electrons. The lowest BCUT2D eigenvalue weighted by Crippen LogP contribution is -2.40.